The molecule has 0 spiro atoms. The number of fused-ring (bicyclic) bond motifs is 1. The third-order valence-corrected chi connectivity index (χ3v) is 10.6. The molecule has 0 saturated carbocycles. The summed E-state index contributed by atoms with van der Waals surface area (Å²) in [6.07, 6.45) is -6.86. The third-order valence-electron chi connectivity index (χ3n) is 5.26. The standard InChI is InChI=1S/C21H17F6.2ClH.Zr/c1-3-12-7-14-6-5-13(4-2)19(18(14)8-12)15-9-16(20(22,23)24)11-17(10-15)21(25,26)27;;;/h5-11H,3-4H2,1-2H3;2*1H;/q;;;+2/p-2. The van der Waals surface area contributed by atoms with Crippen molar-refractivity contribution in [3.05, 3.63) is 63.7 Å². The predicted molar refractivity (Wildman–Crippen MR) is 104 cm³/mol. The van der Waals surface area contributed by atoms with Crippen LogP contribution in [0.2, 0.25) is 0 Å². The summed E-state index contributed by atoms with van der Waals surface area (Å²) in [5.41, 5.74) is 0.696. The predicted octanol–water partition coefficient (Wildman–Crippen LogP) is 8.73. The first kappa shape index (κ1) is 23.9. The van der Waals surface area contributed by atoms with Crippen LogP contribution in [0.5, 0.6) is 0 Å². The molecule has 3 rings (SSSR count). The zero-order valence-electron chi connectivity index (χ0n) is 16.0. The summed E-state index contributed by atoms with van der Waals surface area (Å²) in [5, 5.41) is 0. The Hall–Kier alpha value is -0.777. The van der Waals surface area contributed by atoms with Crippen LogP contribution in [0.15, 0.2) is 35.9 Å². The van der Waals surface area contributed by atoms with Crippen molar-refractivity contribution in [3.8, 4) is 11.1 Å². The van der Waals surface area contributed by atoms with E-state index < -0.39 is 42.8 Å². The first-order chi connectivity index (χ1) is 13.9. The molecule has 1 aliphatic carbocycles. The number of benzene rings is 2. The van der Waals surface area contributed by atoms with Crippen molar-refractivity contribution in [3.63, 3.8) is 0 Å². The fraction of sp³-hybridized carbons (Fsp3) is 0.333. The van der Waals surface area contributed by atoms with Crippen LogP contribution < -0.4 is 0 Å². The number of hydrogen-bond donors (Lipinski definition) is 0. The van der Waals surface area contributed by atoms with E-state index in [1.54, 1.807) is 6.07 Å². The number of halogens is 8. The van der Waals surface area contributed by atoms with Crippen LogP contribution in [0.3, 0.4) is 0 Å². The van der Waals surface area contributed by atoms with Crippen LogP contribution in [-0.2, 0) is 38.1 Å². The molecule has 0 saturated heterocycles. The summed E-state index contributed by atoms with van der Waals surface area (Å²) in [5.74, 6) is 0. The van der Waals surface area contributed by atoms with Crippen molar-refractivity contribution < 1.29 is 45.7 Å². The number of hydrogen-bond acceptors (Lipinski definition) is 0. The quantitative estimate of drug-likeness (QED) is 0.337. The van der Waals surface area contributed by atoms with Crippen molar-refractivity contribution in [2.45, 2.75) is 42.7 Å². The van der Waals surface area contributed by atoms with Gasteiger partial charge in [-0.2, -0.15) is 0 Å². The zero-order valence-corrected chi connectivity index (χ0v) is 19.9. The van der Waals surface area contributed by atoms with Gasteiger partial charge in [0.1, 0.15) is 0 Å². The Kier molecular flexibility index (Phi) is 6.87. The Bertz CT molecular complexity index is 960. The normalized spacial score (nSPS) is 16.5. The molecule has 0 fully saturated rings. The van der Waals surface area contributed by atoms with Crippen LogP contribution >= 0.6 is 17.0 Å². The van der Waals surface area contributed by atoms with Crippen LogP contribution in [0.1, 0.15) is 51.7 Å². The molecule has 0 heterocycles. The molecule has 0 radical (unpaired) electrons. The second kappa shape index (κ2) is 8.63. The van der Waals surface area contributed by atoms with Gasteiger partial charge in [0.2, 0.25) is 0 Å². The average molecular weight is 545 g/mol. The van der Waals surface area contributed by atoms with Gasteiger partial charge in [-0.3, -0.25) is 0 Å². The van der Waals surface area contributed by atoms with Gasteiger partial charge in [-0.05, 0) is 0 Å². The molecular formula is C21H17Cl2F6Zr. The fourth-order valence-corrected chi connectivity index (χ4v) is 9.50. The van der Waals surface area contributed by atoms with Gasteiger partial charge in [-0.25, -0.2) is 0 Å². The van der Waals surface area contributed by atoms with E-state index in [1.807, 2.05) is 26.0 Å². The van der Waals surface area contributed by atoms with Gasteiger partial charge >= 0.3 is 186 Å². The van der Waals surface area contributed by atoms with Crippen LogP contribution in [0, 0.1) is 0 Å². The Morgan fingerprint density at radius 1 is 0.867 bits per heavy atom. The van der Waals surface area contributed by atoms with Gasteiger partial charge in [0, 0.05) is 0 Å². The minimum atomic E-state index is -4.90. The average Bonchev–Trinajstić information content (AvgIpc) is 3.04. The maximum absolute atomic E-state index is 13.4. The van der Waals surface area contributed by atoms with E-state index in [0.717, 1.165) is 23.3 Å². The minimum absolute atomic E-state index is 0.104. The molecule has 1 aliphatic rings. The van der Waals surface area contributed by atoms with Gasteiger partial charge in [0.15, 0.2) is 0 Å². The van der Waals surface area contributed by atoms with Crippen molar-refractivity contribution >= 4 is 23.1 Å². The van der Waals surface area contributed by atoms with E-state index in [1.165, 1.54) is 0 Å². The molecule has 2 aromatic carbocycles. The Labute approximate surface area is 185 Å². The molecule has 9 heteroatoms. The van der Waals surface area contributed by atoms with Crippen molar-refractivity contribution in [1.29, 1.82) is 0 Å². The Morgan fingerprint density at radius 2 is 1.43 bits per heavy atom. The summed E-state index contributed by atoms with van der Waals surface area (Å²) >= 11 is -2.83. The van der Waals surface area contributed by atoms with Crippen molar-refractivity contribution in [2.75, 3.05) is 0 Å². The van der Waals surface area contributed by atoms with Crippen LogP contribution in [0.25, 0.3) is 17.2 Å². The van der Waals surface area contributed by atoms with E-state index in [0.29, 0.717) is 29.5 Å². The molecule has 0 nitrogen and oxygen atoms in total. The Balaban J connectivity index is 2.36. The fourth-order valence-electron chi connectivity index (χ4n) is 3.86. The van der Waals surface area contributed by atoms with Gasteiger partial charge in [-0.1, -0.05) is 0 Å². The molecular weight excluding hydrogens is 528 g/mol. The van der Waals surface area contributed by atoms with Gasteiger partial charge in [0.05, 0.1) is 0 Å². The molecule has 1 unspecified atom stereocenters. The van der Waals surface area contributed by atoms with E-state index in [-0.39, 0.29) is 15.3 Å². The number of rotatable bonds is 4. The Morgan fingerprint density at radius 3 is 1.87 bits per heavy atom. The topological polar surface area (TPSA) is 0 Å². The van der Waals surface area contributed by atoms with E-state index >= 15 is 0 Å². The summed E-state index contributed by atoms with van der Waals surface area (Å²) in [4.78, 5) is 0. The van der Waals surface area contributed by atoms with Gasteiger partial charge in [0.25, 0.3) is 0 Å². The van der Waals surface area contributed by atoms with E-state index in [2.05, 4.69) is 0 Å². The molecule has 0 amide bonds. The molecule has 30 heavy (non-hydrogen) atoms. The molecule has 161 valence electrons. The second-order valence-electron chi connectivity index (χ2n) is 7.05. The van der Waals surface area contributed by atoms with Gasteiger partial charge in [-0.15, -0.1) is 0 Å². The SMILES string of the molecule is CCC1=Cc2c(ccc(CC)c2-c2cc(C(F)(F)F)cc(C(F)(F)F)c2)[CH]1[Zr]([Cl])[Cl]. The molecule has 2 aromatic rings. The number of alkyl halides is 6. The molecule has 1 atom stereocenters. The second-order valence-corrected chi connectivity index (χ2v) is 15.9. The zero-order chi connectivity index (χ0) is 22.4. The number of aryl methyl sites for hydroxylation is 1. The van der Waals surface area contributed by atoms with Crippen molar-refractivity contribution in [2.24, 2.45) is 0 Å². The molecule has 0 aliphatic heterocycles. The third kappa shape index (κ3) is 4.54. The van der Waals surface area contributed by atoms with Crippen LogP contribution in [-0.4, -0.2) is 0 Å². The van der Waals surface area contributed by atoms with E-state index in [4.69, 9.17) is 17.0 Å². The molecule has 0 N–H and O–H groups in total. The first-order valence-corrected chi connectivity index (χ1v) is 17.0. The first-order valence-electron chi connectivity index (χ1n) is 9.22. The summed E-state index contributed by atoms with van der Waals surface area (Å²) in [6.45, 7) is 3.74. The summed E-state index contributed by atoms with van der Waals surface area (Å²) in [7, 11) is 12.7. The van der Waals surface area contributed by atoms with Crippen LogP contribution in [0.4, 0.5) is 26.3 Å². The molecule has 0 aromatic heterocycles. The maximum atomic E-state index is 13.4. The summed E-state index contributed by atoms with van der Waals surface area (Å²) < 4.78 is 80.2. The van der Waals surface area contributed by atoms with Crippen molar-refractivity contribution in [1.82, 2.24) is 0 Å². The van der Waals surface area contributed by atoms with Gasteiger partial charge < -0.3 is 0 Å². The number of allylic oxidation sites excluding steroid dienone is 1. The molecule has 0 bridgehead atoms. The van der Waals surface area contributed by atoms with E-state index in [9.17, 15) is 26.3 Å². The summed E-state index contributed by atoms with van der Waals surface area (Å²) in [6, 6.07) is 5.33. The monoisotopic (exact) mass is 543 g/mol.